The molecule has 26 heteroatoms. The lowest BCUT2D eigenvalue weighted by atomic mass is 9.12. The van der Waals surface area contributed by atoms with Crippen LogP contribution in [-0.4, -0.2) is 52.9 Å². The van der Waals surface area contributed by atoms with Gasteiger partial charge in [0.25, 0.3) is 0 Å². The van der Waals surface area contributed by atoms with Crippen LogP contribution in [0.15, 0.2) is 99.6 Å². The number of rotatable bonds is 17. The molecular weight excluding hydrogens is 1140 g/mol. The molecule has 0 radical (unpaired) electrons. The van der Waals surface area contributed by atoms with E-state index in [9.17, 15) is 52.7 Å². The van der Waals surface area contributed by atoms with E-state index in [1.54, 1.807) is 7.11 Å². The normalized spacial score (nSPS) is 11.6. The van der Waals surface area contributed by atoms with Gasteiger partial charge < -0.3 is 18.9 Å². The molecule has 0 bridgehead atoms. The van der Waals surface area contributed by atoms with Gasteiger partial charge in [0.15, 0.2) is 85.3 Å². The van der Waals surface area contributed by atoms with Crippen LogP contribution < -0.4 is 26.6 Å². The number of para-hydroxylation sites is 1. The molecule has 0 atom stereocenters. The maximum Gasteiger partial charge on any atom is 0.208 e. The largest absolute Gasteiger partial charge is 0.486 e. The van der Waals surface area contributed by atoms with Gasteiger partial charge in [-0.1, -0.05) is 94.9 Å². The van der Waals surface area contributed by atoms with Gasteiger partial charge in [0.1, 0.15) is 46.9 Å². The van der Waals surface area contributed by atoms with E-state index in [-0.39, 0.29) is 10.9 Å². The number of halogens is 20. The minimum Gasteiger partial charge on any atom is -0.486 e. The summed E-state index contributed by atoms with van der Waals surface area (Å²) in [6.07, 6.45) is -6.24. The van der Waals surface area contributed by atoms with Gasteiger partial charge in [-0.15, -0.1) is 21.9 Å². The summed E-state index contributed by atoms with van der Waals surface area (Å²) in [5, 5.41) is -9.69. The molecule has 0 saturated heterocycles. The number of benzene rings is 7. The highest BCUT2D eigenvalue weighted by molar-refractivity contribution is 7.97. The van der Waals surface area contributed by atoms with Crippen molar-refractivity contribution in [3.8, 4) is 5.75 Å². The van der Waals surface area contributed by atoms with E-state index in [1.807, 2.05) is 12.1 Å². The van der Waals surface area contributed by atoms with Gasteiger partial charge in [-0.05, 0) is 36.4 Å². The monoisotopic (exact) mass is 1170 g/mol. The van der Waals surface area contributed by atoms with Crippen molar-refractivity contribution in [3.63, 3.8) is 0 Å². The number of ether oxygens (including phenoxy) is 4. The third-order valence-corrected chi connectivity index (χ3v) is 14.8. The molecular formula is C49H29BCl4F16O4S. The van der Waals surface area contributed by atoms with Crippen molar-refractivity contribution in [2.75, 3.05) is 46.8 Å². The zero-order valence-corrected chi connectivity index (χ0v) is 41.3. The standard InChI is InChI=1S/C25H29O4S.C24BCl4F16/c1-26-16-17-27-18-19-28-20-21-29-24-14-8-9-15-25(24)30(22-10-4-2-5-11-22)23-12-6-3-7-13-23;26-5-1(9(30)17(38)21(42)13(5)34)25(2-6(27)14(35)22(43)18(39)10(2)31,3-7(28)15(36)23(44)19(40)11(3)32)4-8(29)16(37)24(45)20(41)12(4)33/h2-15H,16-21H2,1H3;/q+1;-1. The molecule has 4 nitrogen and oxygen atoms in total. The Bertz CT molecular complexity index is 2800. The zero-order valence-electron chi connectivity index (χ0n) is 37.5. The molecule has 7 aromatic rings. The maximum absolute atomic E-state index is 15.8. The molecule has 0 spiro atoms. The van der Waals surface area contributed by atoms with E-state index in [0.717, 1.165) is 5.75 Å². The Balaban J connectivity index is 0.000000264. The summed E-state index contributed by atoms with van der Waals surface area (Å²) in [5.41, 5.74) is -10.7. The van der Waals surface area contributed by atoms with E-state index in [2.05, 4.69) is 72.8 Å². The predicted molar refractivity (Wildman–Crippen MR) is 250 cm³/mol. The van der Waals surface area contributed by atoms with Gasteiger partial charge in [0.2, 0.25) is 4.90 Å². The van der Waals surface area contributed by atoms with Crippen molar-refractivity contribution >= 4 is 85.3 Å². The van der Waals surface area contributed by atoms with Crippen LogP contribution in [0.4, 0.5) is 70.2 Å². The predicted octanol–water partition coefficient (Wildman–Crippen LogP) is 12.7. The minimum absolute atomic E-state index is 0.237. The fraction of sp³-hybridized carbons (Fsp3) is 0.143. The van der Waals surface area contributed by atoms with Gasteiger partial charge >= 0.3 is 0 Å². The summed E-state index contributed by atoms with van der Waals surface area (Å²) in [6.45, 7) is 3.32. The van der Waals surface area contributed by atoms with Gasteiger partial charge in [0.05, 0.1) is 33.0 Å². The average molecular weight is 1170 g/mol. The molecule has 0 saturated carbocycles. The topological polar surface area (TPSA) is 36.9 Å². The van der Waals surface area contributed by atoms with E-state index in [1.165, 1.54) is 14.7 Å². The maximum atomic E-state index is 15.8. The molecule has 75 heavy (non-hydrogen) atoms. The molecule has 0 aliphatic carbocycles. The van der Waals surface area contributed by atoms with E-state index >= 15 is 17.6 Å². The SMILES string of the molecule is COCCOCCOCCOc1ccccc1[S+](c1ccccc1)c1ccccc1.Fc1c(F)c(F)c([B-](c2c(F)c(F)c(F)c(F)c2Cl)(c2c(F)c(F)c(F)c(F)c2Cl)c2c(F)c(F)c(F)c(F)c2Cl)c(Cl)c1F. The Kier molecular flexibility index (Phi) is 19.8. The van der Waals surface area contributed by atoms with Crippen LogP contribution in [0.3, 0.4) is 0 Å². The van der Waals surface area contributed by atoms with Gasteiger partial charge in [-0.2, -0.15) is 0 Å². The van der Waals surface area contributed by atoms with Crippen LogP contribution in [0.1, 0.15) is 0 Å². The van der Waals surface area contributed by atoms with E-state index in [0.29, 0.717) is 39.6 Å². The fourth-order valence-corrected chi connectivity index (χ4v) is 11.3. The highest BCUT2D eigenvalue weighted by atomic mass is 35.5. The molecule has 0 aliphatic rings. The zero-order chi connectivity index (χ0) is 55.2. The van der Waals surface area contributed by atoms with Crippen molar-refractivity contribution in [3.05, 3.63) is 198 Å². The second kappa shape index (κ2) is 25.2. The number of hydrogen-bond acceptors (Lipinski definition) is 4. The summed E-state index contributed by atoms with van der Waals surface area (Å²) >= 11 is 22.3. The summed E-state index contributed by atoms with van der Waals surface area (Å²) < 4.78 is 260. The smallest absolute Gasteiger partial charge is 0.208 e. The molecule has 0 aromatic heterocycles. The second-order valence-electron chi connectivity index (χ2n) is 15.2. The van der Waals surface area contributed by atoms with Crippen molar-refractivity contribution in [2.24, 2.45) is 0 Å². The summed E-state index contributed by atoms with van der Waals surface area (Å²) in [7, 11) is 1.42. The lowest BCUT2D eigenvalue weighted by molar-refractivity contribution is 0.0178. The van der Waals surface area contributed by atoms with Gasteiger partial charge in [0, 0.05) is 27.2 Å². The molecule has 0 N–H and O–H groups in total. The molecule has 0 heterocycles. The molecule has 0 aliphatic heterocycles. The highest BCUT2D eigenvalue weighted by Crippen LogP contribution is 2.38. The fourth-order valence-electron chi connectivity index (χ4n) is 7.79. The molecule has 0 fully saturated rings. The first-order valence-electron chi connectivity index (χ1n) is 21.0. The molecule has 398 valence electrons. The van der Waals surface area contributed by atoms with Crippen LogP contribution in [0.25, 0.3) is 0 Å². The Morgan fingerprint density at radius 3 is 0.960 bits per heavy atom. The van der Waals surface area contributed by atoms with E-state index in [4.69, 9.17) is 65.4 Å². The van der Waals surface area contributed by atoms with Crippen LogP contribution >= 0.6 is 46.4 Å². The van der Waals surface area contributed by atoms with Crippen molar-refractivity contribution in [2.45, 2.75) is 14.7 Å². The molecule has 7 aromatic carbocycles. The second-order valence-corrected chi connectivity index (χ2v) is 18.8. The highest BCUT2D eigenvalue weighted by Gasteiger charge is 2.51. The first kappa shape index (κ1) is 58.9. The van der Waals surface area contributed by atoms with Crippen LogP contribution in [0.5, 0.6) is 5.75 Å². The Hall–Kier alpha value is -5.33. The van der Waals surface area contributed by atoms with Gasteiger partial charge in [-0.25, -0.2) is 70.2 Å². The molecule has 7 rings (SSSR count). The first-order valence-corrected chi connectivity index (χ1v) is 23.8. The van der Waals surface area contributed by atoms with Crippen LogP contribution in [0.2, 0.25) is 20.1 Å². The quantitative estimate of drug-likeness (QED) is 0.0227. The first-order chi connectivity index (χ1) is 35.6. The molecule has 0 amide bonds. The van der Waals surface area contributed by atoms with Crippen molar-refractivity contribution in [1.82, 2.24) is 0 Å². The number of methoxy groups -OCH3 is 1. The Morgan fingerprint density at radius 1 is 0.347 bits per heavy atom. The van der Waals surface area contributed by atoms with Crippen LogP contribution in [-0.2, 0) is 25.1 Å². The van der Waals surface area contributed by atoms with Gasteiger partial charge in [-0.3, -0.25) is 0 Å². The lowest BCUT2D eigenvalue weighted by Gasteiger charge is -2.46. The Labute approximate surface area is 437 Å². The van der Waals surface area contributed by atoms with Crippen molar-refractivity contribution < 1.29 is 89.2 Å². The summed E-state index contributed by atoms with van der Waals surface area (Å²) in [6, 6.07) is 29.5. The minimum atomic E-state index is -6.24. The average Bonchev–Trinajstić information content (AvgIpc) is 3.41. The van der Waals surface area contributed by atoms with Crippen LogP contribution in [0, 0.1) is 93.1 Å². The Morgan fingerprint density at radius 2 is 0.627 bits per heavy atom. The van der Waals surface area contributed by atoms with E-state index < -0.39 is 141 Å². The molecule has 0 unspecified atom stereocenters. The summed E-state index contributed by atoms with van der Waals surface area (Å²) in [4.78, 5) is 3.71. The summed E-state index contributed by atoms with van der Waals surface area (Å²) in [5.74, 6) is -47.4. The number of hydrogen-bond donors (Lipinski definition) is 0. The van der Waals surface area contributed by atoms with Crippen molar-refractivity contribution in [1.29, 1.82) is 0 Å². The lowest BCUT2D eigenvalue weighted by Crippen LogP contribution is -2.79. The third-order valence-electron chi connectivity index (χ3n) is 11.0. The third kappa shape index (κ3) is 11.3.